The number of pyridine rings is 1. The Hall–Kier alpha value is -2.36. The van der Waals surface area contributed by atoms with Crippen LogP contribution in [0.25, 0.3) is 0 Å². The SMILES string of the molecule is CN=C(NCCCC(=O)N1CCc2ccccc2C1)N1CCN(c2ccccn2)CC1.I. The maximum absolute atomic E-state index is 12.6. The van der Waals surface area contributed by atoms with Gasteiger partial charge in [0.05, 0.1) is 0 Å². The molecule has 0 spiro atoms. The maximum Gasteiger partial charge on any atom is 0.222 e. The number of anilines is 1. The van der Waals surface area contributed by atoms with E-state index in [1.165, 1.54) is 11.1 Å². The fourth-order valence-corrected chi connectivity index (χ4v) is 4.33. The fourth-order valence-electron chi connectivity index (χ4n) is 4.33. The minimum atomic E-state index is 0. The van der Waals surface area contributed by atoms with Crippen LogP contribution >= 0.6 is 24.0 Å². The van der Waals surface area contributed by atoms with Crippen LogP contribution in [0, 0.1) is 0 Å². The molecule has 4 rings (SSSR count). The van der Waals surface area contributed by atoms with Gasteiger partial charge in [-0.15, -0.1) is 24.0 Å². The zero-order chi connectivity index (χ0) is 21.5. The maximum atomic E-state index is 12.6. The van der Waals surface area contributed by atoms with Gasteiger partial charge in [0.25, 0.3) is 0 Å². The number of halogens is 1. The first-order valence-corrected chi connectivity index (χ1v) is 11.2. The van der Waals surface area contributed by atoms with Crippen LogP contribution in [0.2, 0.25) is 0 Å². The normalized spacial score (nSPS) is 16.3. The fraction of sp³-hybridized carbons (Fsp3) is 0.458. The Balaban J connectivity index is 0.00000289. The van der Waals surface area contributed by atoms with Gasteiger partial charge in [0.1, 0.15) is 5.82 Å². The van der Waals surface area contributed by atoms with Gasteiger partial charge >= 0.3 is 0 Å². The molecule has 1 amide bonds. The number of benzene rings is 1. The van der Waals surface area contributed by atoms with Crippen LogP contribution in [-0.4, -0.2) is 73.0 Å². The molecule has 32 heavy (non-hydrogen) atoms. The Bertz CT molecular complexity index is 898. The molecule has 0 radical (unpaired) electrons. The predicted molar refractivity (Wildman–Crippen MR) is 140 cm³/mol. The monoisotopic (exact) mass is 548 g/mol. The molecule has 1 saturated heterocycles. The number of amides is 1. The molecule has 1 N–H and O–H groups in total. The van der Waals surface area contributed by atoms with Crippen LogP contribution in [0.4, 0.5) is 5.82 Å². The van der Waals surface area contributed by atoms with Gasteiger partial charge in [-0.2, -0.15) is 0 Å². The second-order valence-corrected chi connectivity index (χ2v) is 8.07. The largest absolute Gasteiger partial charge is 0.356 e. The third-order valence-electron chi connectivity index (χ3n) is 6.10. The van der Waals surface area contributed by atoms with Gasteiger partial charge in [-0.25, -0.2) is 4.98 Å². The molecule has 0 aliphatic carbocycles. The summed E-state index contributed by atoms with van der Waals surface area (Å²) in [4.78, 5) is 28.1. The number of carbonyl (C=O) groups excluding carboxylic acids is 1. The third kappa shape index (κ3) is 6.11. The number of carbonyl (C=O) groups is 1. The van der Waals surface area contributed by atoms with Crippen molar-refractivity contribution < 1.29 is 4.79 Å². The highest BCUT2D eigenvalue weighted by Gasteiger charge is 2.21. The predicted octanol–water partition coefficient (Wildman–Crippen LogP) is 2.76. The molecule has 8 heteroatoms. The molecule has 3 heterocycles. The molecule has 0 atom stereocenters. The summed E-state index contributed by atoms with van der Waals surface area (Å²) in [5, 5.41) is 3.44. The van der Waals surface area contributed by atoms with Gasteiger partial charge in [-0.3, -0.25) is 9.79 Å². The van der Waals surface area contributed by atoms with Gasteiger partial charge in [-0.05, 0) is 36.1 Å². The Morgan fingerprint density at radius 3 is 2.47 bits per heavy atom. The van der Waals surface area contributed by atoms with E-state index in [0.717, 1.165) is 70.4 Å². The highest BCUT2D eigenvalue weighted by atomic mass is 127. The summed E-state index contributed by atoms with van der Waals surface area (Å²) in [5.41, 5.74) is 2.66. The summed E-state index contributed by atoms with van der Waals surface area (Å²) in [6.07, 6.45) is 4.17. The number of nitrogens with one attached hydrogen (secondary N) is 1. The second-order valence-electron chi connectivity index (χ2n) is 8.07. The van der Waals surface area contributed by atoms with E-state index in [2.05, 4.69) is 55.4 Å². The lowest BCUT2D eigenvalue weighted by Crippen LogP contribution is -2.52. The van der Waals surface area contributed by atoms with Crippen molar-refractivity contribution in [2.24, 2.45) is 4.99 Å². The van der Waals surface area contributed by atoms with Crippen molar-refractivity contribution in [3.05, 3.63) is 59.8 Å². The average molecular weight is 548 g/mol. The van der Waals surface area contributed by atoms with E-state index < -0.39 is 0 Å². The average Bonchev–Trinajstić information content (AvgIpc) is 2.84. The van der Waals surface area contributed by atoms with Crippen molar-refractivity contribution in [1.29, 1.82) is 0 Å². The van der Waals surface area contributed by atoms with Gasteiger partial charge in [0, 0.05) is 65.5 Å². The van der Waals surface area contributed by atoms with E-state index in [4.69, 9.17) is 0 Å². The van der Waals surface area contributed by atoms with Gasteiger partial charge in [-0.1, -0.05) is 30.3 Å². The van der Waals surface area contributed by atoms with E-state index >= 15 is 0 Å². The molecule has 2 aliphatic rings. The molecule has 7 nitrogen and oxygen atoms in total. The number of hydrogen-bond acceptors (Lipinski definition) is 4. The second kappa shape index (κ2) is 12.0. The van der Waals surface area contributed by atoms with Crippen LogP contribution in [0.5, 0.6) is 0 Å². The molecule has 172 valence electrons. The summed E-state index contributed by atoms with van der Waals surface area (Å²) in [6.45, 7) is 5.98. The Morgan fingerprint density at radius 1 is 1.00 bits per heavy atom. The quantitative estimate of drug-likeness (QED) is 0.270. The van der Waals surface area contributed by atoms with Crippen molar-refractivity contribution in [1.82, 2.24) is 20.1 Å². The topological polar surface area (TPSA) is 64.1 Å². The van der Waals surface area contributed by atoms with Crippen molar-refractivity contribution in [3.63, 3.8) is 0 Å². The number of hydrogen-bond donors (Lipinski definition) is 1. The van der Waals surface area contributed by atoms with Crippen LogP contribution in [-0.2, 0) is 17.8 Å². The van der Waals surface area contributed by atoms with E-state index in [1.54, 1.807) is 0 Å². The Labute approximate surface area is 207 Å². The van der Waals surface area contributed by atoms with Crippen LogP contribution < -0.4 is 10.2 Å². The molecular weight excluding hydrogens is 515 g/mol. The molecule has 2 aromatic rings. The highest BCUT2D eigenvalue weighted by Crippen LogP contribution is 2.19. The van der Waals surface area contributed by atoms with E-state index in [-0.39, 0.29) is 29.9 Å². The minimum absolute atomic E-state index is 0. The number of guanidine groups is 1. The first-order chi connectivity index (χ1) is 15.2. The number of aliphatic imine (C=N–C) groups is 1. The summed E-state index contributed by atoms with van der Waals surface area (Å²) >= 11 is 0. The number of aromatic nitrogens is 1. The van der Waals surface area contributed by atoms with Crippen molar-refractivity contribution in [2.75, 3.05) is 51.2 Å². The lowest BCUT2D eigenvalue weighted by Gasteiger charge is -2.37. The van der Waals surface area contributed by atoms with E-state index in [0.29, 0.717) is 6.42 Å². The molecular formula is C24H33IN6O. The van der Waals surface area contributed by atoms with Crippen molar-refractivity contribution in [2.45, 2.75) is 25.8 Å². The summed E-state index contributed by atoms with van der Waals surface area (Å²) in [5.74, 6) is 2.19. The van der Waals surface area contributed by atoms with Gasteiger partial charge in [0.15, 0.2) is 5.96 Å². The Kier molecular flexibility index (Phi) is 9.13. The number of fused-ring (bicyclic) bond motifs is 1. The molecule has 0 saturated carbocycles. The molecule has 1 aromatic heterocycles. The van der Waals surface area contributed by atoms with Crippen molar-refractivity contribution in [3.8, 4) is 0 Å². The summed E-state index contributed by atoms with van der Waals surface area (Å²) in [6, 6.07) is 14.5. The van der Waals surface area contributed by atoms with E-state index in [9.17, 15) is 4.79 Å². The van der Waals surface area contributed by atoms with Crippen LogP contribution in [0.3, 0.4) is 0 Å². The number of nitrogens with zero attached hydrogens (tertiary/aromatic N) is 5. The zero-order valence-corrected chi connectivity index (χ0v) is 21.1. The summed E-state index contributed by atoms with van der Waals surface area (Å²) < 4.78 is 0. The lowest BCUT2D eigenvalue weighted by atomic mass is 9.99. The van der Waals surface area contributed by atoms with Gasteiger partial charge in [0.2, 0.25) is 5.91 Å². The minimum Gasteiger partial charge on any atom is -0.356 e. The Morgan fingerprint density at radius 2 is 1.75 bits per heavy atom. The molecule has 1 aromatic carbocycles. The molecule has 0 unspecified atom stereocenters. The molecule has 2 aliphatic heterocycles. The summed E-state index contributed by atoms with van der Waals surface area (Å²) in [7, 11) is 1.82. The van der Waals surface area contributed by atoms with Crippen LogP contribution in [0.15, 0.2) is 53.7 Å². The number of rotatable bonds is 5. The lowest BCUT2D eigenvalue weighted by molar-refractivity contribution is -0.132. The standard InChI is InChI=1S/C24H32N6O.HI/c1-25-24(29-17-15-28(16-18-29)22-9-4-5-12-26-22)27-13-6-10-23(31)30-14-11-20-7-2-3-8-21(20)19-30;/h2-5,7-9,12H,6,10-11,13-19H2,1H3,(H,25,27);1H. The third-order valence-corrected chi connectivity index (χ3v) is 6.10. The first kappa shape index (κ1) is 24.3. The molecule has 0 bridgehead atoms. The highest BCUT2D eigenvalue weighted by molar-refractivity contribution is 14.0. The first-order valence-electron chi connectivity index (χ1n) is 11.2. The number of piperazine rings is 1. The van der Waals surface area contributed by atoms with Crippen LogP contribution in [0.1, 0.15) is 24.0 Å². The van der Waals surface area contributed by atoms with Crippen molar-refractivity contribution >= 4 is 41.7 Å². The van der Waals surface area contributed by atoms with E-state index in [1.807, 2.05) is 30.3 Å². The smallest absolute Gasteiger partial charge is 0.222 e. The zero-order valence-electron chi connectivity index (χ0n) is 18.7. The molecule has 1 fully saturated rings. The van der Waals surface area contributed by atoms with Gasteiger partial charge < -0.3 is 20.0 Å².